The van der Waals surface area contributed by atoms with Crippen molar-refractivity contribution in [2.75, 3.05) is 0 Å². The second kappa shape index (κ2) is 8.31. The highest BCUT2D eigenvalue weighted by atomic mass is 16.6. The van der Waals surface area contributed by atoms with Crippen LogP contribution in [0, 0.1) is 0 Å². The zero-order valence-corrected chi connectivity index (χ0v) is 6.90. The lowest BCUT2D eigenvalue weighted by Gasteiger charge is -1.90. The summed E-state index contributed by atoms with van der Waals surface area (Å²) in [5.41, 5.74) is 9.58. The van der Waals surface area contributed by atoms with E-state index in [1.807, 2.05) is 0 Å². The average molecular weight is 192 g/mol. The zero-order chi connectivity index (χ0) is 10.9. The predicted molar refractivity (Wildman–Crippen MR) is 42.9 cm³/mol. The fourth-order valence-corrected chi connectivity index (χ4v) is 0.437. The van der Waals surface area contributed by atoms with Gasteiger partial charge in [0.15, 0.2) is 0 Å². The van der Waals surface area contributed by atoms with E-state index in [1.165, 1.54) is 0 Å². The van der Waals surface area contributed by atoms with Crippen LogP contribution in [0.2, 0.25) is 0 Å². The summed E-state index contributed by atoms with van der Waals surface area (Å²) in [5.74, 6) is -0.785. The number of hydrogen-bond donors (Lipinski definition) is 4. The van der Waals surface area contributed by atoms with Crippen molar-refractivity contribution in [1.82, 2.24) is 0 Å². The maximum atomic E-state index is 10.1. The van der Waals surface area contributed by atoms with Crippen molar-refractivity contribution < 1.29 is 24.6 Å². The molecule has 0 aromatic heterocycles. The molecule has 76 valence electrons. The van der Waals surface area contributed by atoms with E-state index in [2.05, 4.69) is 0 Å². The van der Waals surface area contributed by atoms with E-state index >= 15 is 0 Å². The Hall–Kier alpha value is -1.79. The van der Waals surface area contributed by atoms with Gasteiger partial charge in [0, 0.05) is 12.8 Å². The number of hydrogen-bond acceptors (Lipinski definition) is 3. The fraction of sp³-hybridized carbons (Fsp3) is 0.500. The molecule has 6 N–H and O–H groups in total. The van der Waals surface area contributed by atoms with Crippen LogP contribution in [0.5, 0.6) is 0 Å². The highest BCUT2D eigenvalue weighted by Crippen LogP contribution is 1.91. The van der Waals surface area contributed by atoms with E-state index in [1.54, 1.807) is 0 Å². The third-order valence-electron chi connectivity index (χ3n) is 0.846. The van der Waals surface area contributed by atoms with Gasteiger partial charge in [0.1, 0.15) is 0 Å². The molecule has 0 aromatic carbocycles. The minimum atomic E-state index is -1.83. The number of nitrogens with two attached hydrogens (primary N) is 2. The first-order valence-corrected chi connectivity index (χ1v) is 3.34. The van der Waals surface area contributed by atoms with Crippen LogP contribution in [0.15, 0.2) is 0 Å². The van der Waals surface area contributed by atoms with Crippen molar-refractivity contribution >= 4 is 18.0 Å². The van der Waals surface area contributed by atoms with Crippen LogP contribution in [0.25, 0.3) is 0 Å². The van der Waals surface area contributed by atoms with Gasteiger partial charge in [-0.25, -0.2) is 4.79 Å². The molecule has 2 amide bonds. The molecule has 0 bridgehead atoms. The van der Waals surface area contributed by atoms with Crippen LogP contribution in [-0.2, 0) is 9.59 Å². The molecule has 7 nitrogen and oxygen atoms in total. The molecule has 0 rings (SSSR count). The number of carbonyl (C=O) groups excluding carboxylic acids is 2. The van der Waals surface area contributed by atoms with Gasteiger partial charge in [0.05, 0.1) is 0 Å². The van der Waals surface area contributed by atoms with Gasteiger partial charge in [-0.1, -0.05) is 0 Å². The summed E-state index contributed by atoms with van der Waals surface area (Å²) >= 11 is 0. The van der Waals surface area contributed by atoms with Crippen LogP contribution >= 0.6 is 0 Å². The first-order chi connectivity index (χ1) is 5.86. The molecule has 0 heterocycles. The van der Waals surface area contributed by atoms with Crippen molar-refractivity contribution in [2.45, 2.75) is 19.3 Å². The summed E-state index contributed by atoms with van der Waals surface area (Å²) in [6.07, 6.45) is -0.892. The van der Waals surface area contributed by atoms with Gasteiger partial charge in [0.25, 0.3) is 0 Å². The third-order valence-corrected chi connectivity index (χ3v) is 0.846. The largest absolute Gasteiger partial charge is 0.503 e. The first kappa shape index (κ1) is 13.8. The Morgan fingerprint density at radius 1 is 0.923 bits per heavy atom. The van der Waals surface area contributed by atoms with Crippen LogP contribution in [-0.4, -0.2) is 28.2 Å². The van der Waals surface area contributed by atoms with Gasteiger partial charge >= 0.3 is 6.16 Å². The molecule has 0 aliphatic carbocycles. The summed E-state index contributed by atoms with van der Waals surface area (Å²) in [7, 11) is 0. The SMILES string of the molecule is NC(=O)CCCC(N)=O.O=C(O)O. The van der Waals surface area contributed by atoms with Crippen LogP contribution in [0.4, 0.5) is 4.79 Å². The molecule has 0 spiro atoms. The van der Waals surface area contributed by atoms with Crippen LogP contribution < -0.4 is 11.5 Å². The highest BCUT2D eigenvalue weighted by molar-refractivity contribution is 5.76. The number of carboxylic acid groups (broad SMARTS) is 2. The van der Waals surface area contributed by atoms with E-state index in [4.69, 9.17) is 26.5 Å². The topological polar surface area (TPSA) is 144 Å². The van der Waals surface area contributed by atoms with Gasteiger partial charge < -0.3 is 21.7 Å². The second-order valence-corrected chi connectivity index (χ2v) is 2.07. The molecule has 0 aliphatic rings. The van der Waals surface area contributed by atoms with E-state index in [9.17, 15) is 9.59 Å². The number of primary amides is 2. The average Bonchev–Trinajstić information content (AvgIpc) is 1.83. The second-order valence-electron chi connectivity index (χ2n) is 2.07. The van der Waals surface area contributed by atoms with E-state index in [-0.39, 0.29) is 12.8 Å². The van der Waals surface area contributed by atoms with Crippen LogP contribution in [0.1, 0.15) is 19.3 Å². The maximum Gasteiger partial charge on any atom is 0.503 e. The Bertz CT molecular complexity index is 173. The Morgan fingerprint density at radius 3 is 1.31 bits per heavy atom. The molecule has 0 saturated heterocycles. The molecule has 0 saturated carbocycles. The highest BCUT2D eigenvalue weighted by Gasteiger charge is 1.96. The van der Waals surface area contributed by atoms with Crippen LogP contribution in [0.3, 0.4) is 0 Å². The fourth-order valence-electron chi connectivity index (χ4n) is 0.437. The van der Waals surface area contributed by atoms with Gasteiger partial charge in [-0.2, -0.15) is 0 Å². The standard InChI is InChI=1S/C5H10N2O2.CH2O3/c6-4(8)2-1-3-5(7)9;2-1(3)4/h1-3H2,(H2,6,8)(H2,7,9);(H2,2,3,4). The van der Waals surface area contributed by atoms with Gasteiger partial charge in [-0.3, -0.25) is 9.59 Å². The molecule has 7 heteroatoms. The number of rotatable bonds is 4. The summed E-state index contributed by atoms with van der Waals surface area (Å²) in [5, 5.41) is 13.9. The van der Waals surface area contributed by atoms with E-state index < -0.39 is 18.0 Å². The van der Waals surface area contributed by atoms with Crippen molar-refractivity contribution in [2.24, 2.45) is 11.5 Å². The summed E-state index contributed by atoms with van der Waals surface area (Å²) in [6, 6.07) is 0. The van der Waals surface area contributed by atoms with Gasteiger partial charge in [-0.15, -0.1) is 0 Å². The summed E-state index contributed by atoms with van der Waals surface area (Å²) < 4.78 is 0. The first-order valence-electron chi connectivity index (χ1n) is 3.34. The summed E-state index contributed by atoms with van der Waals surface area (Å²) in [4.78, 5) is 28.7. The predicted octanol–water partition coefficient (Wildman–Crippen LogP) is -0.650. The Morgan fingerprint density at radius 2 is 1.15 bits per heavy atom. The normalized spacial score (nSPS) is 8.00. The zero-order valence-electron chi connectivity index (χ0n) is 6.90. The molecule has 0 aliphatic heterocycles. The van der Waals surface area contributed by atoms with E-state index in [0.29, 0.717) is 6.42 Å². The number of carbonyl (C=O) groups is 3. The number of amides is 2. The Balaban J connectivity index is 0. The van der Waals surface area contributed by atoms with Crippen molar-refractivity contribution in [1.29, 1.82) is 0 Å². The third kappa shape index (κ3) is 38.8. The molecule has 0 aromatic rings. The molecular formula is C6H12N2O5. The Labute approximate surface area is 74.3 Å². The Kier molecular flexibility index (Phi) is 8.80. The van der Waals surface area contributed by atoms with Crippen molar-refractivity contribution in [3.63, 3.8) is 0 Å². The monoisotopic (exact) mass is 192 g/mol. The van der Waals surface area contributed by atoms with Gasteiger partial charge in [0.2, 0.25) is 11.8 Å². The van der Waals surface area contributed by atoms with E-state index in [0.717, 1.165) is 0 Å². The van der Waals surface area contributed by atoms with Crippen molar-refractivity contribution in [3.8, 4) is 0 Å². The molecular weight excluding hydrogens is 180 g/mol. The van der Waals surface area contributed by atoms with Crippen molar-refractivity contribution in [3.05, 3.63) is 0 Å². The molecule has 0 fully saturated rings. The maximum absolute atomic E-state index is 10.1. The minimum Gasteiger partial charge on any atom is -0.450 e. The smallest absolute Gasteiger partial charge is 0.450 e. The lowest BCUT2D eigenvalue weighted by atomic mass is 10.2. The molecule has 0 unspecified atom stereocenters. The quantitative estimate of drug-likeness (QED) is 0.467. The molecule has 13 heavy (non-hydrogen) atoms. The minimum absolute atomic E-state index is 0.239. The summed E-state index contributed by atoms with van der Waals surface area (Å²) in [6.45, 7) is 0. The lowest BCUT2D eigenvalue weighted by molar-refractivity contribution is -0.119. The lowest BCUT2D eigenvalue weighted by Crippen LogP contribution is -2.14. The van der Waals surface area contributed by atoms with Gasteiger partial charge in [-0.05, 0) is 6.42 Å². The molecule has 0 atom stereocenters. The molecule has 0 radical (unpaired) electrons.